The van der Waals surface area contributed by atoms with Crippen molar-refractivity contribution in [3.63, 3.8) is 0 Å². The first-order chi connectivity index (χ1) is 12.2. The van der Waals surface area contributed by atoms with Crippen LogP contribution >= 0.6 is 23.1 Å². The van der Waals surface area contributed by atoms with Crippen molar-refractivity contribution in [2.45, 2.75) is 43.4 Å². The van der Waals surface area contributed by atoms with E-state index >= 15 is 0 Å². The first-order valence-electron chi connectivity index (χ1n) is 8.76. The van der Waals surface area contributed by atoms with Gasteiger partial charge in [0.1, 0.15) is 0 Å². The fourth-order valence-corrected chi connectivity index (χ4v) is 4.59. The lowest BCUT2D eigenvalue weighted by atomic mass is 9.89. The standard InChI is InChI=1S/C18H24N4OS2/c1-13-6-5-9-15(10-13)20-17-21-22-18(25-17)24-12-16(23)19-11-14-7-3-2-4-8-14/h5-6,9-10,14H,2-4,7-8,11-12H2,1H3,(H,19,23)(H,20,21). The van der Waals surface area contributed by atoms with Crippen LogP contribution in [-0.2, 0) is 4.79 Å². The highest BCUT2D eigenvalue weighted by atomic mass is 32.2. The third-order valence-electron chi connectivity index (χ3n) is 4.32. The summed E-state index contributed by atoms with van der Waals surface area (Å²) in [4.78, 5) is 12.0. The highest BCUT2D eigenvalue weighted by molar-refractivity contribution is 8.01. The summed E-state index contributed by atoms with van der Waals surface area (Å²) in [5, 5.41) is 15.3. The van der Waals surface area contributed by atoms with Crippen LogP contribution in [0.5, 0.6) is 0 Å². The molecule has 134 valence electrons. The van der Waals surface area contributed by atoms with Crippen LogP contribution in [0, 0.1) is 12.8 Å². The van der Waals surface area contributed by atoms with Gasteiger partial charge in [-0.3, -0.25) is 4.79 Å². The van der Waals surface area contributed by atoms with Gasteiger partial charge >= 0.3 is 0 Å². The molecule has 0 bridgehead atoms. The molecule has 1 aromatic carbocycles. The summed E-state index contributed by atoms with van der Waals surface area (Å²) in [6, 6.07) is 8.12. The molecule has 1 heterocycles. The Morgan fingerprint density at radius 1 is 1.28 bits per heavy atom. The van der Waals surface area contributed by atoms with Gasteiger partial charge in [0.2, 0.25) is 11.0 Å². The number of amides is 1. The second-order valence-electron chi connectivity index (χ2n) is 6.46. The van der Waals surface area contributed by atoms with Crippen LogP contribution in [0.1, 0.15) is 37.7 Å². The fourth-order valence-electron chi connectivity index (χ4n) is 2.99. The van der Waals surface area contributed by atoms with E-state index in [1.165, 1.54) is 60.8 Å². The lowest BCUT2D eigenvalue weighted by molar-refractivity contribution is -0.118. The van der Waals surface area contributed by atoms with E-state index < -0.39 is 0 Å². The van der Waals surface area contributed by atoms with E-state index in [2.05, 4.69) is 39.9 Å². The van der Waals surface area contributed by atoms with Gasteiger partial charge in [0.15, 0.2) is 4.34 Å². The second-order valence-corrected chi connectivity index (χ2v) is 8.66. The SMILES string of the molecule is Cc1cccc(Nc2nnc(SCC(=O)NCC3CCCCC3)s2)c1. The number of nitrogens with zero attached hydrogens (tertiary/aromatic N) is 2. The summed E-state index contributed by atoms with van der Waals surface area (Å²) in [7, 11) is 0. The molecule has 1 aliphatic carbocycles. The molecule has 0 saturated heterocycles. The van der Waals surface area contributed by atoms with Gasteiger partial charge < -0.3 is 10.6 Å². The molecule has 1 aromatic heterocycles. The van der Waals surface area contributed by atoms with Crippen LogP contribution in [0.15, 0.2) is 28.6 Å². The Kier molecular flexibility index (Phi) is 6.69. The first-order valence-corrected chi connectivity index (χ1v) is 10.6. The molecule has 1 aliphatic rings. The van der Waals surface area contributed by atoms with Crippen molar-refractivity contribution in [1.82, 2.24) is 15.5 Å². The Balaban J connectivity index is 1.41. The summed E-state index contributed by atoms with van der Waals surface area (Å²) >= 11 is 2.91. The van der Waals surface area contributed by atoms with Crippen molar-refractivity contribution in [2.75, 3.05) is 17.6 Å². The van der Waals surface area contributed by atoms with Crippen LogP contribution in [0.4, 0.5) is 10.8 Å². The number of thioether (sulfide) groups is 1. The molecule has 0 spiro atoms. The molecule has 1 saturated carbocycles. The van der Waals surface area contributed by atoms with Crippen molar-refractivity contribution in [1.29, 1.82) is 0 Å². The van der Waals surface area contributed by atoms with Gasteiger partial charge in [-0.1, -0.05) is 54.5 Å². The molecule has 25 heavy (non-hydrogen) atoms. The second kappa shape index (κ2) is 9.20. The van der Waals surface area contributed by atoms with Crippen molar-refractivity contribution in [3.8, 4) is 0 Å². The van der Waals surface area contributed by atoms with Crippen molar-refractivity contribution in [3.05, 3.63) is 29.8 Å². The minimum absolute atomic E-state index is 0.0824. The van der Waals surface area contributed by atoms with Gasteiger partial charge in [-0.25, -0.2) is 0 Å². The number of aromatic nitrogens is 2. The minimum atomic E-state index is 0.0824. The Bertz CT molecular complexity index is 698. The largest absolute Gasteiger partial charge is 0.355 e. The summed E-state index contributed by atoms with van der Waals surface area (Å²) in [5.41, 5.74) is 2.19. The molecule has 2 N–H and O–H groups in total. The number of rotatable bonds is 7. The number of benzene rings is 1. The predicted octanol–water partition coefficient (Wildman–Crippen LogP) is 4.38. The van der Waals surface area contributed by atoms with Gasteiger partial charge in [-0.2, -0.15) is 0 Å². The predicted molar refractivity (Wildman–Crippen MR) is 105 cm³/mol. The molecule has 0 unspecified atom stereocenters. The Morgan fingerprint density at radius 2 is 2.12 bits per heavy atom. The van der Waals surface area contributed by atoms with Gasteiger partial charge in [-0.15, -0.1) is 10.2 Å². The number of carbonyl (C=O) groups is 1. The topological polar surface area (TPSA) is 66.9 Å². The summed E-state index contributed by atoms with van der Waals surface area (Å²) < 4.78 is 0.808. The smallest absolute Gasteiger partial charge is 0.230 e. The van der Waals surface area contributed by atoms with Gasteiger partial charge in [0.25, 0.3) is 0 Å². The molecule has 1 fully saturated rings. The summed E-state index contributed by atoms with van der Waals surface area (Å²) in [6.45, 7) is 2.87. The third kappa shape index (κ3) is 6.01. The molecule has 0 atom stereocenters. The van der Waals surface area contributed by atoms with Crippen molar-refractivity contribution >= 4 is 39.8 Å². The van der Waals surface area contributed by atoms with Crippen LogP contribution in [0.25, 0.3) is 0 Å². The molecular formula is C18H24N4OS2. The highest BCUT2D eigenvalue weighted by Gasteiger charge is 2.14. The zero-order chi connectivity index (χ0) is 17.5. The van der Waals surface area contributed by atoms with E-state index in [1.54, 1.807) is 0 Å². The van der Waals surface area contributed by atoms with Crippen molar-refractivity contribution < 1.29 is 4.79 Å². The van der Waals surface area contributed by atoms with Gasteiger partial charge in [0.05, 0.1) is 5.75 Å². The third-order valence-corrected chi connectivity index (χ3v) is 6.29. The van der Waals surface area contributed by atoms with E-state index in [0.29, 0.717) is 11.7 Å². The van der Waals surface area contributed by atoms with Crippen LogP contribution in [0.3, 0.4) is 0 Å². The average molecular weight is 377 g/mol. The highest BCUT2D eigenvalue weighted by Crippen LogP contribution is 2.28. The molecule has 0 aliphatic heterocycles. The average Bonchev–Trinajstić information content (AvgIpc) is 3.06. The Hall–Kier alpha value is -1.60. The maximum absolute atomic E-state index is 12.0. The number of hydrogen-bond acceptors (Lipinski definition) is 6. The number of carbonyl (C=O) groups excluding carboxylic acids is 1. The number of anilines is 2. The molecule has 7 heteroatoms. The zero-order valence-electron chi connectivity index (χ0n) is 14.5. The number of aryl methyl sites for hydroxylation is 1. The van der Waals surface area contributed by atoms with E-state index in [-0.39, 0.29) is 5.91 Å². The number of nitrogens with one attached hydrogen (secondary N) is 2. The molecule has 0 radical (unpaired) electrons. The quantitative estimate of drug-likeness (QED) is 0.702. The maximum Gasteiger partial charge on any atom is 0.230 e. The molecule has 1 amide bonds. The Labute approximate surface area is 157 Å². The summed E-state index contributed by atoms with van der Waals surface area (Å²) in [6.07, 6.45) is 6.44. The van der Waals surface area contributed by atoms with Gasteiger partial charge in [-0.05, 0) is 43.4 Å². The minimum Gasteiger partial charge on any atom is -0.355 e. The molecular weight excluding hydrogens is 352 g/mol. The van der Waals surface area contributed by atoms with Crippen molar-refractivity contribution in [2.24, 2.45) is 5.92 Å². The summed E-state index contributed by atoms with van der Waals surface area (Å²) in [5.74, 6) is 1.14. The van der Waals surface area contributed by atoms with Crippen LogP contribution in [0.2, 0.25) is 0 Å². The fraction of sp³-hybridized carbons (Fsp3) is 0.500. The van der Waals surface area contributed by atoms with E-state index in [0.717, 1.165) is 21.7 Å². The van der Waals surface area contributed by atoms with Crippen LogP contribution < -0.4 is 10.6 Å². The first kappa shape index (κ1) is 18.2. The normalized spacial score (nSPS) is 15.1. The molecule has 5 nitrogen and oxygen atoms in total. The zero-order valence-corrected chi connectivity index (χ0v) is 16.1. The van der Waals surface area contributed by atoms with Crippen LogP contribution in [-0.4, -0.2) is 28.4 Å². The van der Waals surface area contributed by atoms with E-state index in [9.17, 15) is 4.79 Å². The maximum atomic E-state index is 12.0. The lowest BCUT2D eigenvalue weighted by Gasteiger charge is -2.21. The van der Waals surface area contributed by atoms with Gasteiger partial charge in [0, 0.05) is 12.2 Å². The van der Waals surface area contributed by atoms with E-state index in [4.69, 9.17) is 0 Å². The lowest BCUT2D eigenvalue weighted by Crippen LogP contribution is -2.31. The molecule has 3 rings (SSSR count). The Morgan fingerprint density at radius 3 is 2.92 bits per heavy atom. The monoisotopic (exact) mass is 376 g/mol. The number of hydrogen-bond donors (Lipinski definition) is 2. The molecule has 2 aromatic rings. The van der Waals surface area contributed by atoms with E-state index in [1.807, 2.05) is 12.1 Å².